The van der Waals surface area contributed by atoms with E-state index in [-0.39, 0.29) is 11.0 Å². The van der Waals surface area contributed by atoms with Gasteiger partial charge in [-0.05, 0) is 42.5 Å². The van der Waals surface area contributed by atoms with Gasteiger partial charge < -0.3 is 10.6 Å². The molecule has 2 aromatic rings. The number of carbonyl (C=O) groups is 1. The van der Waals surface area contributed by atoms with Gasteiger partial charge in [-0.25, -0.2) is 0 Å². The second kappa shape index (κ2) is 7.88. The lowest BCUT2D eigenvalue weighted by Gasteiger charge is -2.22. The van der Waals surface area contributed by atoms with Crippen LogP contribution in [0, 0.1) is 25.2 Å². The molecule has 2 rings (SSSR count). The Kier molecular flexibility index (Phi) is 5.84. The standard InChI is InChI=1S/C22H25N3O/c1-15-10-11-19(16(2)12-15)25-21(26)17(13-23)14-24-20-9-7-6-8-18(20)22(3,4)5/h6-12,14,24H,1-5H3,(H,25,26)/b17-14-. The smallest absolute Gasteiger partial charge is 0.267 e. The van der Waals surface area contributed by atoms with Crippen molar-refractivity contribution in [3.63, 3.8) is 0 Å². The van der Waals surface area contributed by atoms with E-state index in [4.69, 9.17) is 0 Å². The molecule has 0 bridgehead atoms. The van der Waals surface area contributed by atoms with Crippen LogP contribution < -0.4 is 10.6 Å². The van der Waals surface area contributed by atoms with Crippen molar-refractivity contribution >= 4 is 17.3 Å². The van der Waals surface area contributed by atoms with E-state index in [9.17, 15) is 10.1 Å². The molecule has 0 aliphatic carbocycles. The lowest BCUT2D eigenvalue weighted by molar-refractivity contribution is -0.112. The van der Waals surface area contributed by atoms with E-state index in [0.29, 0.717) is 5.69 Å². The summed E-state index contributed by atoms with van der Waals surface area (Å²) in [4.78, 5) is 12.4. The number of hydrogen-bond donors (Lipinski definition) is 2. The van der Waals surface area contributed by atoms with Crippen LogP contribution in [-0.4, -0.2) is 5.91 Å². The molecule has 0 saturated heterocycles. The fraction of sp³-hybridized carbons (Fsp3) is 0.273. The van der Waals surface area contributed by atoms with E-state index < -0.39 is 5.91 Å². The van der Waals surface area contributed by atoms with Crippen molar-refractivity contribution in [1.29, 1.82) is 5.26 Å². The zero-order chi connectivity index (χ0) is 19.3. The average molecular weight is 347 g/mol. The van der Waals surface area contributed by atoms with Crippen molar-refractivity contribution in [2.75, 3.05) is 10.6 Å². The van der Waals surface area contributed by atoms with Crippen LogP contribution >= 0.6 is 0 Å². The molecule has 134 valence electrons. The molecule has 2 N–H and O–H groups in total. The molecule has 0 unspecified atom stereocenters. The summed E-state index contributed by atoms with van der Waals surface area (Å²) in [6.45, 7) is 10.3. The van der Waals surface area contributed by atoms with Crippen molar-refractivity contribution < 1.29 is 4.79 Å². The van der Waals surface area contributed by atoms with Crippen LogP contribution in [0.15, 0.2) is 54.2 Å². The summed E-state index contributed by atoms with van der Waals surface area (Å²) in [6, 6.07) is 15.6. The molecule has 0 aliphatic rings. The van der Waals surface area contributed by atoms with E-state index in [1.807, 2.05) is 62.4 Å². The molecule has 0 saturated carbocycles. The molecular formula is C22H25N3O. The third kappa shape index (κ3) is 4.73. The lowest BCUT2D eigenvalue weighted by Crippen LogP contribution is -2.16. The molecule has 0 heterocycles. The van der Waals surface area contributed by atoms with Crippen LogP contribution in [0.2, 0.25) is 0 Å². The first kappa shape index (κ1) is 19.3. The summed E-state index contributed by atoms with van der Waals surface area (Å²) in [5, 5.41) is 15.3. The van der Waals surface area contributed by atoms with Gasteiger partial charge in [0.1, 0.15) is 11.6 Å². The molecular weight excluding hydrogens is 322 g/mol. The monoisotopic (exact) mass is 347 g/mol. The molecule has 0 radical (unpaired) electrons. The molecule has 26 heavy (non-hydrogen) atoms. The van der Waals surface area contributed by atoms with E-state index in [1.165, 1.54) is 6.20 Å². The van der Waals surface area contributed by atoms with Crippen LogP contribution in [0.4, 0.5) is 11.4 Å². The number of nitrogens with one attached hydrogen (secondary N) is 2. The van der Waals surface area contributed by atoms with Gasteiger partial charge in [-0.1, -0.05) is 56.7 Å². The van der Waals surface area contributed by atoms with Crippen molar-refractivity contribution in [1.82, 2.24) is 0 Å². The molecule has 0 fully saturated rings. The lowest BCUT2D eigenvalue weighted by atomic mass is 9.86. The van der Waals surface area contributed by atoms with Gasteiger partial charge in [0.2, 0.25) is 0 Å². The normalized spacial score (nSPS) is 11.6. The summed E-state index contributed by atoms with van der Waals surface area (Å²) < 4.78 is 0. The largest absolute Gasteiger partial charge is 0.360 e. The zero-order valence-corrected chi connectivity index (χ0v) is 16.0. The van der Waals surface area contributed by atoms with Crippen LogP contribution in [-0.2, 0) is 10.2 Å². The van der Waals surface area contributed by atoms with E-state index in [2.05, 4.69) is 31.4 Å². The highest BCUT2D eigenvalue weighted by molar-refractivity contribution is 6.07. The SMILES string of the molecule is Cc1ccc(NC(=O)/C(C#N)=C\Nc2ccccc2C(C)(C)C)c(C)c1. The molecule has 2 aromatic carbocycles. The number of anilines is 2. The predicted octanol–water partition coefficient (Wildman–Crippen LogP) is 5.06. The van der Waals surface area contributed by atoms with Crippen molar-refractivity contribution in [2.45, 2.75) is 40.0 Å². The first-order valence-electron chi connectivity index (χ1n) is 8.57. The van der Waals surface area contributed by atoms with Crippen LogP contribution in [0.25, 0.3) is 0 Å². The first-order chi connectivity index (χ1) is 12.2. The van der Waals surface area contributed by atoms with Crippen LogP contribution in [0.1, 0.15) is 37.5 Å². The minimum atomic E-state index is -0.430. The molecule has 4 nitrogen and oxygen atoms in total. The Morgan fingerprint density at radius 1 is 1.08 bits per heavy atom. The Morgan fingerprint density at radius 2 is 1.77 bits per heavy atom. The number of rotatable bonds is 4. The number of benzene rings is 2. The second-order valence-corrected chi connectivity index (χ2v) is 7.38. The summed E-state index contributed by atoms with van der Waals surface area (Å²) in [5.74, 6) is -0.430. The number of hydrogen-bond acceptors (Lipinski definition) is 3. The Bertz CT molecular complexity index is 883. The van der Waals surface area contributed by atoms with E-state index in [1.54, 1.807) is 0 Å². The van der Waals surface area contributed by atoms with Gasteiger partial charge in [0, 0.05) is 17.6 Å². The minimum Gasteiger partial charge on any atom is -0.360 e. The van der Waals surface area contributed by atoms with Gasteiger partial charge in [0.15, 0.2) is 0 Å². The summed E-state index contributed by atoms with van der Waals surface area (Å²) in [5.41, 5.74) is 4.76. The van der Waals surface area contributed by atoms with Gasteiger partial charge in [0.05, 0.1) is 0 Å². The topological polar surface area (TPSA) is 64.9 Å². The molecule has 0 spiro atoms. The first-order valence-corrected chi connectivity index (χ1v) is 8.57. The maximum atomic E-state index is 12.4. The number of amides is 1. The van der Waals surface area contributed by atoms with Crippen molar-refractivity contribution in [2.24, 2.45) is 0 Å². The average Bonchev–Trinajstić information content (AvgIpc) is 2.57. The predicted molar refractivity (Wildman–Crippen MR) is 107 cm³/mol. The highest BCUT2D eigenvalue weighted by atomic mass is 16.1. The highest BCUT2D eigenvalue weighted by Gasteiger charge is 2.17. The Hall–Kier alpha value is -3.06. The second-order valence-electron chi connectivity index (χ2n) is 7.38. The summed E-state index contributed by atoms with van der Waals surface area (Å²) in [7, 11) is 0. The van der Waals surface area contributed by atoms with Gasteiger partial charge in [-0.3, -0.25) is 4.79 Å². The maximum absolute atomic E-state index is 12.4. The summed E-state index contributed by atoms with van der Waals surface area (Å²) >= 11 is 0. The fourth-order valence-corrected chi connectivity index (χ4v) is 2.70. The van der Waals surface area contributed by atoms with Crippen LogP contribution in [0.3, 0.4) is 0 Å². The van der Waals surface area contributed by atoms with Crippen molar-refractivity contribution in [3.05, 3.63) is 70.9 Å². The number of aryl methyl sites for hydroxylation is 2. The maximum Gasteiger partial charge on any atom is 0.267 e. The van der Waals surface area contributed by atoms with Crippen LogP contribution in [0.5, 0.6) is 0 Å². The van der Waals surface area contributed by atoms with Crippen molar-refractivity contribution in [3.8, 4) is 6.07 Å². The van der Waals surface area contributed by atoms with E-state index >= 15 is 0 Å². The number of nitrogens with zero attached hydrogens (tertiary/aromatic N) is 1. The Morgan fingerprint density at radius 3 is 2.38 bits per heavy atom. The molecule has 0 atom stereocenters. The van der Waals surface area contributed by atoms with E-state index in [0.717, 1.165) is 22.4 Å². The quantitative estimate of drug-likeness (QED) is 0.600. The molecule has 1 amide bonds. The minimum absolute atomic E-state index is 0.0219. The molecule has 0 aliphatic heterocycles. The van der Waals surface area contributed by atoms with Gasteiger partial charge >= 0.3 is 0 Å². The summed E-state index contributed by atoms with van der Waals surface area (Å²) in [6.07, 6.45) is 1.46. The number of nitriles is 1. The third-order valence-electron chi connectivity index (χ3n) is 4.10. The Labute approximate surface area is 155 Å². The Balaban J connectivity index is 2.21. The fourth-order valence-electron chi connectivity index (χ4n) is 2.70. The van der Waals surface area contributed by atoms with Gasteiger partial charge in [-0.2, -0.15) is 5.26 Å². The third-order valence-corrected chi connectivity index (χ3v) is 4.10. The number of para-hydroxylation sites is 1. The van der Waals surface area contributed by atoms with Gasteiger partial charge in [-0.15, -0.1) is 0 Å². The molecule has 4 heteroatoms. The number of carbonyl (C=O) groups excluding carboxylic acids is 1. The molecule has 0 aromatic heterocycles. The zero-order valence-electron chi connectivity index (χ0n) is 16.0. The van der Waals surface area contributed by atoms with Gasteiger partial charge in [0.25, 0.3) is 5.91 Å². The highest BCUT2D eigenvalue weighted by Crippen LogP contribution is 2.29.